The summed E-state index contributed by atoms with van der Waals surface area (Å²) < 4.78 is 5.07. The Morgan fingerprint density at radius 2 is 1.94 bits per heavy atom. The van der Waals surface area contributed by atoms with Gasteiger partial charge in [0.2, 0.25) is 0 Å². The van der Waals surface area contributed by atoms with E-state index in [0.717, 1.165) is 12.1 Å². The first-order valence-corrected chi connectivity index (χ1v) is 6.59. The highest BCUT2D eigenvalue weighted by Crippen LogP contribution is 2.17. The lowest BCUT2D eigenvalue weighted by Gasteiger charge is -2.20. The molecule has 18 heavy (non-hydrogen) atoms. The van der Waals surface area contributed by atoms with Crippen molar-refractivity contribution in [2.45, 2.75) is 33.2 Å². The maximum Gasteiger partial charge on any atom is 0.328 e. The van der Waals surface area contributed by atoms with Crippen LogP contribution in [0.5, 0.6) is 0 Å². The summed E-state index contributed by atoms with van der Waals surface area (Å²) >= 11 is 5.83. The van der Waals surface area contributed by atoms with Crippen LogP contribution >= 0.6 is 11.6 Å². The maximum atomic E-state index is 11.8. The molecule has 1 unspecified atom stereocenters. The summed E-state index contributed by atoms with van der Waals surface area (Å²) in [6.07, 6.45) is 0.738. The predicted octanol–water partition coefficient (Wildman–Crippen LogP) is 3.73. The van der Waals surface area contributed by atoms with Crippen LogP contribution in [0.2, 0.25) is 5.02 Å². The number of anilines is 1. The average Bonchev–Trinajstić information content (AvgIpc) is 2.31. The highest BCUT2D eigenvalue weighted by atomic mass is 35.5. The van der Waals surface area contributed by atoms with Crippen LogP contribution in [-0.4, -0.2) is 18.6 Å². The van der Waals surface area contributed by atoms with Gasteiger partial charge in [-0.3, -0.25) is 0 Å². The summed E-state index contributed by atoms with van der Waals surface area (Å²) in [5.41, 5.74) is 0.873. The summed E-state index contributed by atoms with van der Waals surface area (Å²) in [6, 6.07) is 6.98. The lowest BCUT2D eigenvalue weighted by molar-refractivity contribution is -0.144. The quantitative estimate of drug-likeness (QED) is 0.800. The fourth-order valence-corrected chi connectivity index (χ4v) is 1.80. The second-order valence-corrected chi connectivity index (χ2v) is 5.02. The third-order valence-corrected chi connectivity index (χ3v) is 2.72. The van der Waals surface area contributed by atoms with Gasteiger partial charge in [-0.1, -0.05) is 25.4 Å². The van der Waals surface area contributed by atoms with E-state index in [9.17, 15) is 4.79 Å². The van der Waals surface area contributed by atoms with Gasteiger partial charge in [0.1, 0.15) is 6.04 Å². The van der Waals surface area contributed by atoms with Crippen LogP contribution in [0.1, 0.15) is 27.2 Å². The predicted molar refractivity (Wildman–Crippen MR) is 75.0 cm³/mol. The lowest BCUT2D eigenvalue weighted by Crippen LogP contribution is -2.32. The van der Waals surface area contributed by atoms with Gasteiger partial charge in [-0.05, 0) is 43.5 Å². The summed E-state index contributed by atoms with van der Waals surface area (Å²) in [4.78, 5) is 11.8. The molecule has 0 aliphatic heterocycles. The summed E-state index contributed by atoms with van der Waals surface area (Å²) in [7, 11) is 0. The van der Waals surface area contributed by atoms with E-state index in [2.05, 4.69) is 19.2 Å². The number of hydrogen-bond donors (Lipinski definition) is 1. The molecule has 0 saturated heterocycles. The molecule has 0 amide bonds. The molecule has 1 atom stereocenters. The Labute approximate surface area is 113 Å². The van der Waals surface area contributed by atoms with Crippen molar-refractivity contribution in [1.82, 2.24) is 0 Å². The molecule has 0 aliphatic carbocycles. The molecule has 0 spiro atoms. The second kappa shape index (κ2) is 7.27. The van der Waals surface area contributed by atoms with Crippen molar-refractivity contribution in [2.24, 2.45) is 5.92 Å². The molecule has 0 radical (unpaired) electrons. The molecule has 100 valence electrons. The fourth-order valence-electron chi connectivity index (χ4n) is 1.68. The van der Waals surface area contributed by atoms with Gasteiger partial charge in [0.25, 0.3) is 0 Å². The zero-order chi connectivity index (χ0) is 13.5. The highest BCUT2D eigenvalue weighted by Gasteiger charge is 2.20. The summed E-state index contributed by atoms with van der Waals surface area (Å²) in [5, 5.41) is 3.87. The average molecular weight is 270 g/mol. The molecule has 3 nitrogen and oxygen atoms in total. The number of esters is 1. The van der Waals surface area contributed by atoms with Crippen LogP contribution in [0.15, 0.2) is 24.3 Å². The van der Waals surface area contributed by atoms with E-state index in [-0.39, 0.29) is 12.0 Å². The van der Waals surface area contributed by atoms with Crippen molar-refractivity contribution < 1.29 is 9.53 Å². The Bertz CT molecular complexity index is 376. The first kappa shape index (κ1) is 14.8. The van der Waals surface area contributed by atoms with Crippen molar-refractivity contribution in [2.75, 3.05) is 11.9 Å². The van der Waals surface area contributed by atoms with E-state index in [0.29, 0.717) is 17.5 Å². The van der Waals surface area contributed by atoms with Crippen LogP contribution in [0.3, 0.4) is 0 Å². The van der Waals surface area contributed by atoms with Gasteiger partial charge >= 0.3 is 5.97 Å². The number of nitrogens with one attached hydrogen (secondary N) is 1. The van der Waals surface area contributed by atoms with Crippen molar-refractivity contribution in [3.63, 3.8) is 0 Å². The zero-order valence-electron chi connectivity index (χ0n) is 11.1. The van der Waals surface area contributed by atoms with E-state index in [1.54, 1.807) is 12.1 Å². The summed E-state index contributed by atoms with van der Waals surface area (Å²) in [6.45, 7) is 6.37. The molecule has 0 heterocycles. The van der Waals surface area contributed by atoms with Crippen molar-refractivity contribution in [3.8, 4) is 0 Å². The molecule has 1 aromatic carbocycles. The molecule has 1 rings (SSSR count). The van der Waals surface area contributed by atoms with Crippen LogP contribution in [-0.2, 0) is 9.53 Å². The van der Waals surface area contributed by atoms with E-state index < -0.39 is 0 Å². The van der Waals surface area contributed by atoms with E-state index in [1.165, 1.54) is 0 Å². The number of carbonyl (C=O) groups excluding carboxylic acids is 1. The van der Waals surface area contributed by atoms with Crippen LogP contribution in [0, 0.1) is 5.92 Å². The topological polar surface area (TPSA) is 38.3 Å². The zero-order valence-corrected chi connectivity index (χ0v) is 11.8. The van der Waals surface area contributed by atoms with E-state index >= 15 is 0 Å². The Kier molecular flexibility index (Phi) is 5.99. The van der Waals surface area contributed by atoms with E-state index in [1.807, 2.05) is 19.1 Å². The Morgan fingerprint density at radius 1 is 1.33 bits per heavy atom. The minimum atomic E-state index is -0.314. The van der Waals surface area contributed by atoms with Gasteiger partial charge in [0.15, 0.2) is 0 Å². The van der Waals surface area contributed by atoms with Crippen molar-refractivity contribution >= 4 is 23.3 Å². The van der Waals surface area contributed by atoms with Crippen molar-refractivity contribution in [1.29, 1.82) is 0 Å². The van der Waals surface area contributed by atoms with Crippen LogP contribution in [0.25, 0.3) is 0 Å². The highest BCUT2D eigenvalue weighted by molar-refractivity contribution is 6.30. The van der Waals surface area contributed by atoms with Gasteiger partial charge in [0.05, 0.1) is 6.61 Å². The molecular formula is C14H20ClNO2. The molecule has 0 aromatic heterocycles. The molecular weight excluding hydrogens is 250 g/mol. The number of rotatable bonds is 6. The van der Waals surface area contributed by atoms with Gasteiger partial charge in [-0.25, -0.2) is 4.79 Å². The van der Waals surface area contributed by atoms with E-state index in [4.69, 9.17) is 16.3 Å². The molecule has 1 N–H and O–H groups in total. The Morgan fingerprint density at radius 3 is 2.44 bits per heavy atom. The first-order chi connectivity index (χ1) is 8.52. The maximum absolute atomic E-state index is 11.8. The number of hydrogen-bond acceptors (Lipinski definition) is 3. The Balaban J connectivity index is 2.71. The molecule has 0 aliphatic rings. The fraction of sp³-hybridized carbons (Fsp3) is 0.500. The first-order valence-electron chi connectivity index (χ1n) is 6.21. The van der Waals surface area contributed by atoms with Gasteiger partial charge in [-0.2, -0.15) is 0 Å². The minimum absolute atomic E-state index is 0.207. The lowest BCUT2D eigenvalue weighted by atomic mass is 10.0. The molecule has 0 saturated carbocycles. The van der Waals surface area contributed by atoms with Gasteiger partial charge < -0.3 is 10.1 Å². The second-order valence-electron chi connectivity index (χ2n) is 4.59. The molecule has 0 bridgehead atoms. The SMILES string of the molecule is CCOC(=O)C(CC(C)C)Nc1ccc(Cl)cc1. The standard InChI is InChI=1S/C14H20ClNO2/c1-4-18-14(17)13(9-10(2)3)16-12-7-5-11(15)6-8-12/h5-8,10,13,16H,4,9H2,1-3H3. The molecule has 0 fully saturated rings. The number of benzene rings is 1. The van der Waals surface area contributed by atoms with Crippen molar-refractivity contribution in [3.05, 3.63) is 29.3 Å². The van der Waals surface area contributed by atoms with Gasteiger partial charge in [0, 0.05) is 10.7 Å². The minimum Gasteiger partial charge on any atom is -0.464 e. The third-order valence-electron chi connectivity index (χ3n) is 2.46. The van der Waals surface area contributed by atoms with Gasteiger partial charge in [-0.15, -0.1) is 0 Å². The smallest absolute Gasteiger partial charge is 0.328 e. The number of ether oxygens (including phenoxy) is 1. The number of halogens is 1. The third kappa shape index (κ3) is 4.96. The molecule has 1 aromatic rings. The summed E-state index contributed by atoms with van der Waals surface area (Å²) in [5.74, 6) is 0.209. The monoisotopic (exact) mass is 269 g/mol. The molecule has 4 heteroatoms. The normalized spacial score (nSPS) is 12.3. The van der Waals surface area contributed by atoms with Crippen LogP contribution in [0.4, 0.5) is 5.69 Å². The largest absolute Gasteiger partial charge is 0.464 e. The Hall–Kier alpha value is -1.22. The van der Waals surface area contributed by atoms with Crippen LogP contribution < -0.4 is 5.32 Å². The number of carbonyl (C=O) groups is 1.